The predicted octanol–water partition coefficient (Wildman–Crippen LogP) is 3.60. The molecule has 0 aliphatic carbocycles. The van der Waals surface area contributed by atoms with E-state index in [4.69, 9.17) is 23.1 Å². The van der Waals surface area contributed by atoms with Gasteiger partial charge in [-0.05, 0) is 18.2 Å². The fourth-order valence-electron chi connectivity index (χ4n) is 2.80. The third kappa shape index (κ3) is 1.79. The van der Waals surface area contributed by atoms with Crippen LogP contribution < -0.4 is 11.5 Å². The zero-order valence-electron chi connectivity index (χ0n) is 11.5. The van der Waals surface area contributed by atoms with E-state index in [1.807, 2.05) is 42.6 Å². The third-order valence-electron chi connectivity index (χ3n) is 3.71. The number of aromatic nitrogens is 3. The summed E-state index contributed by atoms with van der Waals surface area (Å²) in [4.78, 5) is 11.6. The van der Waals surface area contributed by atoms with E-state index >= 15 is 0 Å². The number of nitrogens with zero attached hydrogens (tertiary/aromatic N) is 2. The summed E-state index contributed by atoms with van der Waals surface area (Å²) < 4.78 is 0. The van der Waals surface area contributed by atoms with Crippen molar-refractivity contribution in [1.29, 1.82) is 0 Å². The van der Waals surface area contributed by atoms with E-state index in [9.17, 15) is 0 Å². The fraction of sp³-hybridized carbons (Fsp3) is 0. The average molecular weight is 310 g/mol. The van der Waals surface area contributed by atoms with Crippen LogP contribution >= 0.6 is 11.6 Å². The Morgan fingerprint density at radius 1 is 1.00 bits per heavy atom. The van der Waals surface area contributed by atoms with Crippen molar-refractivity contribution in [3.8, 4) is 11.1 Å². The first-order valence-electron chi connectivity index (χ1n) is 6.73. The fourth-order valence-corrected chi connectivity index (χ4v) is 3.03. The van der Waals surface area contributed by atoms with Gasteiger partial charge in [0.1, 0.15) is 5.82 Å². The summed E-state index contributed by atoms with van der Waals surface area (Å²) in [5, 5.41) is 2.42. The van der Waals surface area contributed by atoms with Crippen LogP contribution in [0.2, 0.25) is 5.02 Å². The molecule has 6 heteroatoms. The van der Waals surface area contributed by atoms with Gasteiger partial charge in [-0.3, -0.25) is 0 Å². The monoisotopic (exact) mass is 309 g/mol. The molecule has 0 fully saturated rings. The second kappa shape index (κ2) is 4.61. The summed E-state index contributed by atoms with van der Waals surface area (Å²) in [5.41, 5.74) is 15.3. The van der Waals surface area contributed by atoms with E-state index in [0.29, 0.717) is 16.4 Å². The number of benzene rings is 2. The molecule has 22 heavy (non-hydrogen) atoms. The molecule has 0 spiro atoms. The van der Waals surface area contributed by atoms with Crippen molar-refractivity contribution < 1.29 is 0 Å². The highest BCUT2D eigenvalue weighted by Gasteiger charge is 2.15. The van der Waals surface area contributed by atoms with Gasteiger partial charge in [0.2, 0.25) is 5.95 Å². The Labute approximate surface area is 130 Å². The standard InChI is InChI=1S/C16H12ClN5/c17-11-4-2-1-3-8(11)10-7-12-13(9-5-6-20-14(9)10)15(18)22-16(19)21-12/h1-7,20H,(H4,18,19,21,22). The van der Waals surface area contributed by atoms with E-state index in [2.05, 4.69) is 15.0 Å². The van der Waals surface area contributed by atoms with Crippen molar-refractivity contribution in [2.45, 2.75) is 0 Å². The zero-order chi connectivity index (χ0) is 15.3. The van der Waals surface area contributed by atoms with Crippen molar-refractivity contribution in [1.82, 2.24) is 15.0 Å². The van der Waals surface area contributed by atoms with Crippen LogP contribution in [-0.4, -0.2) is 15.0 Å². The Morgan fingerprint density at radius 3 is 2.64 bits per heavy atom. The highest BCUT2D eigenvalue weighted by atomic mass is 35.5. The van der Waals surface area contributed by atoms with Gasteiger partial charge in [0.25, 0.3) is 0 Å². The van der Waals surface area contributed by atoms with Crippen molar-refractivity contribution >= 4 is 45.2 Å². The third-order valence-corrected chi connectivity index (χ3v) is 4.04. The quantitative estimate of drug-likeness (QED) is 0.501. The Morgan fingerprint density at radius 2 is 1.82 bits per heavy atom. The van der Waals surface area contributed by atoms with Gasteiger partial charge in [-0.15, -0.1) is 0 Å². The second-order valence-electron chi connectivity index (χ2n) is 5.03. The first kappa shape index (κ1) is 12.9. The summed E-state index contributed by atoms with van der Waals surface area (Å²) in [6.07, 6.45) is 1.86. The number of nitrogen functional groups attached to an aromatic ring is 2. The number of nitrogens with one attached hydrogen (secondary N) is 1. The Balaban J connectivity index is 2.19. The summed E-state index contributed by atoms with van der Waals surface area (Å²) >= 11 is 6.34. The molecule has 0 aliphatic rings. The summed E-state index contributed by atoms with van der Waals surface area (Å²) in [6.45, 7) is 0. The molecular formula is C16H12ClN5. The van der Waals surface area contributed by atoms with Crippen LogP contribution in [0.15, 0.2) is 42.6 Å². The molecule has 0 aliphatic heterocycles. The normalized spacial score (nSPS) is 11.3. The number of halogens is 1. The summed E-state index contributed by atoms with van der Waals surface area (Å²) in [7, 11) is 0. The van der Waals surface area contributed by atoms with Crippen LogP contribution in [0.5, 0.6) is 0 Å². The lowest BCUT2D eigenvalue weighted by Gasteiger charge is -2.10. The molecule has 2 aromatic carbocycles. The largest absolute Gasteiger partial charge is 0.383 e. The average Bonchev–Trinajstić information content (AvgIpc) is 2.95. The summed E-state index contributed by atoms with van der Waals surface area (Å²) in [5.74, 6) is 0.530. The maximum Gasteiger partial charge on any atom is 0.222 e. The van der Waals surface area contributed by atoms with E-state index in [-0.39, 0.29) is 5.95 Å². The maximum atomic E-state index is 6.34. The number of hydrogen-bond donors (Lipinski definition) is 3. The van der Waals surface area contributed by atoms with Crippen LogP contribution in [0.4, 0.5) is 11.8 Å². The maximum absolute atomic E-state index is 6.34. The molecule has 0 unspecified atom stereocenters. The molecule has 0 atom stereocenters. The number of rotatable bonds is 1. The Hall–Kier alpha value is -2.79. The van der Waals surface area contributed by atoms with E-state index in [0.717, 1.165) is 27.4 Å². The van der Waals surface area contributed by atoms with Crippen molar-refractivity contribution in [2.75, 3.05) is 11.5 Å². The van der Waals surface area contributed by atoms with E-state index in [1.54, 1.807) is 0 Å². The lowest BCUT2D eigenvalue weighted by molar-refractivity contribution is 1.25. The Bertz CT molecular complexity index is 1020. The molecule has 0 radical (unpaired) electrons. The molecule has 5 nitrogen and oxygen atoms in total. The number of fused-ring (bicyclic) bond motifs is 3. The van der Waals surface area contributed by atoms with Gasteiger partial charge < -0.3 is 16.5 Å². The highest BCUT2D eigenvalue weighted by Crippen LogP contribution is 2.38. The molecular weight excluding hydrogens is 298 g/mol. The summed E-state index contributed by atoms with van der Waals surface area (Å²) in [6, 6.07) is 11.6. The van der Waals surface area contributed by atoms with Gasteiger partial charge in [0, 0.05) is 27.7 Å². The van der Waals surface area contributed by atoms with E-state index in [1.165, 1.54) is 0 Å². The SMILES string of the molecule is Nc1nc(N)c2c(cc(-c3ccccc3Cl)c3[nH]ccc32)n1. The topological polar surface area (TPSA) is 93.6 Å². The minimum Gasteiger partial charge on any atom is -0.383 e. The van der Waals surface area contributed by atoms with Crippen LogP contribution in [0, 0.1) is 0 Å². The predicted molar refractivity (Wildman–Crippen MR) is 90.7 cm³/mol. The number of nitrogens with two attached hydrogens (primary N) is 2. The van der Waals surface area contributed by atoms with Crippen LogP contribution in [0.3, 0.4) is 0 Å². The van der Waals surface area contributed by atoms with E-state index < -0.39 is 0 Å². The number of H-pyrrole nitrogens is 1. The van der Waals surface area contributed by atoms with Crippen LogP contribution in [-0.2, 0) is 0 Å². The van der Waals surface area contributed by atoms with Crippen LogP contribution in [0.25, 0.3) is 32.9 Å². The molecule has 2 aromatic heterocycles. The highest BCUT2D eigenvalue weighted by molar-refractivity contribution is 6.34. The van der Waals surface area contributed by atoms with Gasteiger partial charge in [-0.1, -0.05) is 29.8 Å². The molecule has 0 bridgehead atoms. The molecule has 108 valence electrons. The second-order valence-corrected chi connectivity index (χ2v) is 5.44. The van der Waals surface area contributed by atoms with Crippen molar-refractivity contribution in [3.63, 3.8) is 0 Å². The van der Waals surface area contributed by atoms with Gasteiger partial charge in [0.15, 0.2) is 0 Å². The van der Waals surface area contributed by atoms with Gasteiger partial charge in [-0.25, -0.2) is 4.98 Å². The van der Waals surface area contributed by atoms with Crippen LogP contribution in [0.1, 0.15) is 0 Å². The first-order valence-corrected chi connectivity index (χ1v) is 7.10. The molecule has 4 rings (SSSR count). The smallest absolute Gasteiger partial charge is 0.222 e. The minimum atomic E-state index is 0.157. The molecule has 5 N–H and O–H groups in total. The number of anilines is 2. The number of aromatic amines is 1. The molecule has 0 saturated carbocycles. The molecule has 4 aromatic rings. The zero-order valence-corrected chi connectivity index (χ0v) is 12.2. The number of hydrogen-bond acceptors (Lipinski definition) is 4. The Kier molecular flexibility index (Phi) is 2.71. The lowest BCUT2D eigenvalue weighted by atomic mass is 10.00. The van der Waals surface area contributed by atoms with Gasteiger partial charge in [-0.2, -0.15) is 4.98 Å². The van der Waals surface area contributed by atoms with Crippen molar-refractivity contribution in [2.24, 2.45) is 0 Å². The molecule has 2 heterocycles. The minimum absolute atomic E-state index is 0.157. The first-order chi connectivity index (χ1) is 10.6. The van der Waals surface area contributed by atoms with Gasteiger partial charge in [0.05, 0.1) is 16.4 Å². The molecule has 0 amide bonds. The lowest BCUT2D eigenvalue weighted by Crippen LogP contribution is -2.01. The van der Waals surface area contributed by atoms with Crippen molar-refractivity contribution in [3.05, 3.63) is 47.6 Å². The molecule has 0 saturated heterocycles. The van der Waals surface area contributed by atoms with Gasteiger partial charge >= 0.3 is 0 Å².